The predicted molar refractivity (Wildman–Crippen MR) is 143 cm³/mol. The van der Waals surface area contributed by atoms with E-state index in [0.717, 1.165) is 19.6 Å². The van der Waals surface area contributed by atoms with Crippen LogP contribution in [0.1, 0.15) is 43.0 Å². The Labute approximate surface area is 231 Å². The zero-order chi connectivity index (χ0) is 28.4. The lowest BCUT2D eigenvalue weighted by atomic mass is 9.79. The number of hydroxylamine groups is 2. The van der Waals surface area contributed by atoms with Crippen molar-refractivity contribution in [2.45, 2.75) is 45.3 Å². The normalized spacial score (nSPS) is 23.1. The summed E-state index contributed by atoms with van der Waals surface area (Å²) in [6, 6.07) is 4.05. The first-order chi connectivity index (χ1) is 19.2. The summed E-state index contributed by atoms with van der Waals surface area (Å²) in [5, 5.41) is 1.65. The topological polar surface area (TPSA) is 63.6 Å². The maximum absolute atomic E-state index is 16.0. The average molecular weight is 558 g/mol. The SMILES string of the molecule is CCc1c(F)ccc2c1C=CC(OC=O)(c1c(F)cc3c(c1F)=NCN(OC[C@H](C)CN1CCO[C@@H](C)C1)C=3)C2. The van der Waals surface area contributed by atoms with Gasteiger partial charge in [-0.3, -0.25) is 19.5 Å². The van der Waals surface area contributed by atoms with Gasteiger partial charge in [-0.05, 0) is 54.2 Å². The molecule has 1 saturated heterocycles. The van der Waals surface area contributed by atoms with Crippen molar-refractivity contribution < 1.29 is 32.3 Å². The van der Waals surface area contributed by atoms with E-state index in [1.165, 1.54) is 29.5 Å². The van der Waals surface area contributed by atoms with Crippen LogP contribution in [0.3, 0.4) is 0 Å². The summed E-state index contributed by atoms with van der Waals surface area (Å²) in [5.74, 6) is -1.92. The van der Waals surface area contributed by atoms with Gasteiger partial charge in [0.1, 0.15) is 23.7 Å². The molecule has 0 bridgehead atoms. The average Bonchev–Trinajstić information content (AvgIpc) is 2.92. The molecule has 214 valence electrons. The lowest BCUT2D eigenvalue weighted by Gasteiger charge is -2.34. The number of halogens is 3. The molecule has 0 saturated carbocycles. The van der Waals surface area contributed by atoms with Gasteiger partial charge in [0, 0.05) is 37.5 Å². The molecular formula is C30H34F3N3O4. The molecule has 0 amide bonds. The monoisotopic (exact) mass is 557 g/mol. The van der Waals surface area contributed by atoms with Crippen molar-refractivity contribution in [3.63, 3.8) is 0 Å². The smallest absolute Gasteiger partial charge is 0.294 e. The molecule has 10 heteroatoms. The number of carbonyl (C=O) groups excluding carboxylic acids is 1. The molecule has 0 aromatic heterocycles. The van der Waals surface area contributed by atoms with E-state index >= 15 is 8.78 Å². The highest BCUT2D eigenvalue weighted by atomic mass is 19.1. The molecule has 7 nitrogen and oxygen atoms in total. The first-order valence-electron chi connectivity index (χ1n) is 13.6. The largest absolute Gasteiger partial charge is 0.451 e. The molecule has 40 heavy (non-hydrogen) atoms. The molecule has 2 heterocycles. The van der Waals surface area contributed by atoms with Gasteiger partial charge in [0.25, 0.3) is 6.47 Å². The summed E-state index contributed by atoms with van der Waals surface area (Å²) < 4.78 is 56.9. The maximum atomic E-state index is 16.0. The Morgan fingerprint density at radius 3 is 2.85 bits per heavy atom. The van der Waals surface area contributed by atoms with Crippen LogP contribution in [0.2, 0.25) is 0 Å². The Morgan fingerprint density at radius 1 is 1.27 bits per heavy atom. The first kappa shape index (κ1) is 28.3. The molecule has 2 aromatic carbocycles. The van der Waals surface area contributed by atoms with Gasteiger partial charge in [-0.15, -0.1) is 0 Å². The summed E-state index contributed by atoms with van der Waals surface area (Å²) in [6.07, 6.45) is 5.12. The number of morpholine rings is 1. The van der Waals surface area contributed by atoms with Crippen LogP contribution in [-0.2, 0) is 37.5 Å². The van der Waals surface area contributed by atoms with Gasteiger partial charge in [0.2, 0.25) is 0 Å². The zero-order valence-corrected chi connectivity index (χ0v) is 23.0. The summed E-state index contributed by atoms with van der Waals surface area (Å²) in [5.41, 5.74) is -0.394. The van der Waals surface area contributed by atoms with Crippen molar-refractivity contribution in [2.75, 3.05) is 39.5 Å². The molecule has 0 radical (unpaired) electrons. The highest BCUT2D eigenvalue weighted by Crippen LogP contribution is 2.40. The third-order valence-electron chi connectivity index (χ3n) is 7.69. The van der Waals surface area contributed by atoms with E-state index in [1.54, 1.807) is 12.1 Å². The molecule has 1 unspecified atom stereocenters. The standard InChI is InChI=1S/C30H34F3N3O4/c1-4-23-24-7-8-30(39-18-37,12-21(24)5-6-25(23)31)27-26(32)11-22-15-36(17-34-29(22)28(27)33)40-16-19(2)13-35-9-10-38-20(3)14-35/h5-8,11,15,18-20H,4,9-10,12-14,16-17H2,1-3H3/t19-,20+,30?/m1/s1. The van der Waals surface area contributed by atoms with Crippen LogP contribution in [0.25, 0.3) is 12.3 Å². The molecule has 0 spiro atoms. The molecule has 3 atom stereocenters. The minimum atomic E-state index is -1.74. The molecule has 5 rings (SSSR count). The lowest BCUT2D eigenvalue weighted by molar-refractivity contribution is -0.140. The first-order valence-corrected chi connectivity index (χ1v) is 13.6. The molecule has 0 N–H and O–H groups in total. The second-order valence-electron chi connectivity index (χ2n) is 10.7. The molecule has 2 aliphatic heterocycles. The van der Waals surface area contributed by atoms with Crippen LogP contribution in [0.15, 0.2) is 29.3 Å². The Balaban J connectivity index is 1.39. The quantitative estimate of drug-likeness (QED) is 0.442. The minimum Gasteiger partial charge on any atom is -0.451 e. The molecule has 3 aliphatic rings. The highest BCUT2D eigenvalue weighted by molar-refractivity contribution is 5.64. The van der Waals surface area contributed by atoms with E-state index < -0.39 is 22.8 Å². The molecular weight excluding hydrogens is 523 g/mol. The Hall–Kier alpha value is -3.21. The van der Waals surface area contributed by atoms with Gasteiger partial charge in [0.05, 0.1) is 24.9 Å². The second kappa shape index (κ2) is 11.7. The Bertz CT molecular complexity index is 1430. The number of hydrogen-bond acceptors (Lipinski definition) is 7. The van der Waals surface area contributed by atoms with Gasteiger partial charge in [-0.2, -0.15) is 0 Å². The Kier molecular flexibility index (Phi) is 8.30. The van der Waals surface area contributed by atoms with Crippen molar-refractivity contribution in [3.05, 3.63) is 74.6 Å². The number of ether oxygens (including phenoxy) is 2. The highest BCUT2D eigenvalue weighted by Gasteiger charge is 2.41. The van der Waals surface area contributed by atoms with Gasteiger partial charge in [-0.1, -0.05) is 26.0 Å². The van der Waals surface area contributed by atoms with Crippen LogP contribution in [0.4, 0.5) is 13.2 Å². The van der Waals surface area contributed by atoms with E-state index in [0.29, 0.717) is 36.3 Å². The van der Waals surface area contributed by atoms with Crippen LogP contribution in [0, 0.1) is 23.4 Å². The van der Waals surface area contributed by atoms with Crippen molar-refractivity contribution in [3.8, 4) is 0 Å². The molecule has 1 fully saturated rings. The fraction of sp³-hybridized carbons (Fsp3) is 0.467. The summed E-state index contributed by atoms with van der Waals surface area (Å²) in [7, 11) is 0. The lowest BCUT2D eigenvalue weighted by Crippen LogP contribution is -2.44. The number of fused-ring (bicyclic) bond motifs is 2. The second-order valence-corrected chi connectivity index (χ2v) is 10.7. The van der Waals surface area contributed by atoms with Crippen LogP contribution in [-0.4, -0.2) is 62.1 Å². The van der Waals surface area contributed by atoms with Crippen molar-refractivity contribution in [2.24, 2.45) is 10.9 Å². The Morgan fingerprint density at radius 2 is 2.10 bits per heavy atom. The van der Waals surface area contributed by atoms with Gasteiger partial charge < -0.3 is 9.47 Å². The van der Waals surface area contributed by atoms with Crippen LogP contribution in [0.5, 0.6) is 0 Å². The van der Waals surface area contributed by atoms with Crippen molar-refractivity contribution >= 4 is 18.7 Å². The van der Waals surface area contributed by atoms with E-state index in [-0.39, 0.29) is 48.0 Å². The van der Waals surface area contributed by atoms with E-state index in [9.17, 15) is 9.18 Å². The number of hydrogen-bond donors (Lipinski definition) is 0. The van der Waals surface area contributed by atoms with Crippen molar-refractivity contribution in [1.82, 2.24) is 9.96 Å². The number of benzene rings is 2. The molecule has 2 aromatic rings. The van der Waals surface area contributed by atoms with Gasteiger partial charge >= 0.3 is 0 Å². The minimum absolute atomic E-state index is 0.0235. The summed E-state index contributed by atoms with van der Waals surface area (Å²) in [6.45, 7) is 9.89. The molecule has 1 aliphatic carbocycles. The fourth-order valence-electron chi connectivity index (χ4n) is 5.83. The number of rotatable bonds is 9. The maximum Gasteiger partial charge on any atom is 0.294 e. The number of carbonyl (C=O) groups is 1. The third-order valence-corrected chi connectivity index (χ3v) is 7.69. The van der Waals surface area contributed by atoms with E-state index in [1.807, 2.05) is 6.92 Å². The summed E-state index contributed by atoms with van der Waals surface area (Å²) in [4.78, 5) is 24.1. The van der Waals surface area contributed by atoms with Crippen LogP contribution >= 0.6 is 0 Å². The van der Waals surface area contributed by atoms with E-state index in [2.05, 4.69) is 23.7 Å². The summed E-state index contributed by atoms with van der Waals surface area (Å²) >= 11 is 0. The van der Waals surface area contributed by atoms with Gasteiger partial charge in [0.15, 0.2) is 11.4 Å². The predicted octanol–water partition coefficient (Wildman–Crippen LogP) is 3.22. The van der Waals surface area contributed by atoms with Crippen molar-refractivity contribution in [1.29, 1.82) is 0 Å². The third kappa shape index (κ3) is 5.53. The van der Waals surface area contributed by atoms with E-state index in [4.69, 9.17) is 14.3 Å². The van der Waals surface area contributed by atoms with Gasteiger partial charge in [-0.25, -0.2) is 18.2 Å². The van der Waals surface area contributed by atoms with Crippen LogP contribution < -0.4 is 10.6 Å². The number of nitrogens with zero attached hydrogens (tertiary/aromatic N) is 3. The zero-order valence-electron chi connectivity index (χ0n) is 23.0. The fourth-order valence-corrected chi connectivity index (χ4v) is 5.83.